The molecule has 2 atom stereocenters. The third-order valence-corrected chi connectivity index (χ3v) is 5.71. The van der Waals surface area contributed by atoms with Gasteiger partial charge in [-0.2, -0.15) is 0 Å². The SMILES string of the molecule is Cc1cc(F)c2c(c1)[C@H](N(C(=O)c1ccc(F)cc1O)[C@@H](C(N)=O)c1cccnc1)CC2. The van der Waals surface area contributed by atoms with Gasteiger partial charge < -0.3 is 15.7 Å². The van der Waals surface area contributed by atoms with Crippen molar-refractivity contribution in [1.29, 1.82) is 0 Å². The maximum absolute atomic E-state index is 14.6. The van der Waals surface area contributed by atoms with Gasteiger partial charge in [-0.25, -0.2) is 8.78 Å². The van der Waals surface area contributed by atoms with Gasteiger partial charge in [-0.3, -0.25) is 14.6 Å². The van der Waals surface area contributed by atoms with E-state index in [9.17, 15) is 23.5 Å². The number of hydrogen-bond acceptors (Lipinski definition) is 4. The number of rotatable bonds is 5. The Bertz CT molecular complexity index is 1200. The Balaban J connectivity index is 1.90. The van der Waals surface area contributed by atoms with Crippen molar-refractivity contribution in [1.82, 2.24) is 9.88 Å². The first-order chi connectivity index (χ1) is 15.3. The second-order valence-electron chi connectivity index (χ2n) is 7.83. The highest BCUT2D eigenvalue weighted by Crippen LogP contribution is 2.43. The van der Waals surface area contributed by atoms with E-state index in [1.807, 2.05) is 0 Å². The average Bonchev–Trinajstić information content (AvgIpc) is 3.15. The van der Waals surface area contributed by atoms with Crippen LogP contribution in [0, 0.1) is 18.6 Å². The highest BCUT2D eigenvalue weighted by Gasteiger charge is 2.41. The van der Waals surface area contributed by atoms with Gasteiger partial charge in [0.05, 0.1) is 11.6 Å². The Hall–Kier alpha value is -3.81. The van der Waals surface area contributed by atoms with E-state index in [-0.39, 0.29) is 11.4 Å². The summed E-state index contributed by atoms with van der Waals surface area (Å²) in [6.45, 7) is 1.74. The van der Waals surface area contributed by atoms with Gasteiger partial charge in [0.2, 0.25) is 5.91 Å². The number of nitrogens with two attached hydrogens (primary N) is 1. The minimum atomic E-state index is -1.24. The zero-order chi connectivity index (χ0) is 23.0. The van der Waals surface area contributed by atoms with Crippen molar-refractivity contribution in [2.75, 3.05) is 0 Å². The number of fused-ring (bicyclic) bond motifs is 1. The van der Waals surface area contributed by atoms with Gasteiger partial charge >= 0.3 is 0 Å². The minimum absolute atomic E-state index is 0.192. The van der Waals surface area contributed by atoms with Gasteiger partial charge in [0.1, 0.15) is 23.4 Å². The topological polar surface area (TPSA) is 96.5 Å². The van der Waals surface area contributed by atoms with Crippen LogP contribution >= 0.6 is 0 Å². The number of benzene rings is 2. The number of phenolic OH excluding ortho intramolecular Hbond substituents is 1. The van der Waals surface area contributed by atoms with Crippen LogP contribution in [0.4, 0.5) is 8.78 Å². The molecule has 0 fully saturated rings. The second-order valence-corrected chi connectivity index (χ2v) is 7.83. The zero-order valence-corrected chi connectivity index (χ0v) is 17.3. The molecule has 164 valence electrons. The molecule has 1 heterocycles. The summed E-state index contributed by atoms with van der Waals surface area (Å²) >= 11 is 0. The predicted octanol–water partition coefficient (Wildman–Crippen LogP) is 3.73. The second kappa shape index (κ2) is 8.37. The Morgan fingerprint density at radius 3 is 2.66 bits per heavy atom. The molecule has 32 heavy (non-hydrogen) atoms. The normalized spacial score (nSPS) is 15.8. The molecule has 3 N–H and O–H groups in total. The maximum Gasteiger partial charge on any atom is 0.259 e. The summed E-state index contributed by atoms with van der Waals surface area (Å²) in [5.74, 6) is -3.20. The highest BCUT2D eigenvalue weighted by molar-refractivity contribution is 6.00. The molecule has 0 aliphatic heterocycles. The fourth-order valence-electron chi connectivity index (χ4n) is 4.35. The molecule has 1 aliphatic carbocycles. The third kappa shape index (κ3) is 3.79. The quantitative estimate of drug-likeness (QED) is 0.636. The van der Waals surface area contributed by atoms with E-state index in [1.54, 1.807) is 25.1 Å². The van der Waals surface area contributed by atoms with Crippen LogP contribution in [0.2, 0.25) is 0 Å². The molecular formula is C24H21F2N3O3. The first kappa shape index (κ1) is 21.4. The standard InChI is InChI=1S/C24H21F2N3O3/c1-13-9-18-16(19(26)10-13)6-7-20(18)29(22(23(27)31)14-3-2-8-28-12-14)24(32)17-5-4-15(25)11-21(17)30/h2-5,8-12,20,22,30H,6-7H2,1H3,(H2,27,31)/t20-,22-/m1/s1. The predicted molar refractivity (Wildman–Crippen MR) is 113 cm³/mol. The molecule has 2 aromatic carbocycles. The van der Waals surface area contributed by atoms with E-state index in [0.717, 1.165) is 18.2 Å². The van der Waals surface area contributed by atoms with Crippen molar-refractivity contribution in [3.63, 3.8) is 0 Å². The smallest absolute Gasteiger partial charge is 0.259 e. The van der Waals surface area contributed by atoms with Crippen LogP contribution in [0.3, 0.4) is 0 Å². The van der Waals surface area contributed by atoms with Crippen LogP contribution in [0.1, 0.15) is 51.1 Å². The van der Waals surface area contributed by atoms with Gasteiger partial charge in [0, 0.05) is 24.0 Å². The van der Waals surface area contributed by atoms with E-state index in [0.29, 0.717) is 35.1 Å². The van der Waals surface area contributed by atoms with Gasteiger partial charge in [-0.05, 0) is 60.7 Å². The zero-order valence-electron chi connectivity index (χ0n) is 17.3. The lowest BCUT2D eigenvalue weighted by Gasteiger charge is -2.36. The number of aromatic hydroxyl groups is 1. The summed E-state index contributed by atoms with van der Waals surface area (Å²) in [5.41, 5.74) is 7.63. The van der Waals surface area contributed by atoms with Crippen molar-refractivity contribution in [2.45, 2.75) is 31.8 Å². The summed E-state index contributed by atoms with van der Waals surface area (Å²) in [6.07, 6.45) is 3.66. The number of nitrogens with zero attached hydrogens (tertiary/aromatic N) is 2. The Morgan fingerprint density at radius 2 is 2.00 bits per heavy atom. The van der Waals surface area contributed by atoms with Crippen LogP contribution in [-0.2, 0) is 11.2 Å². The molecule has 0 spiro atoms. The van der Waals surface area contributed by atoms with Gasteiger partial charge in [-0.1, -0.05) is 12.1 Å². The Kier molecular flexibility index (Phi) is 5.61. The number of carbonyl (C=O) groups excluding carboxylic acids is 2. The fraction of sp³-hybridized carbons (Fsp3) is 0.208. The van der Waals surface area contributed by atoms with E-state index in [1.165, 1.54) is 23.4 Å². The molecule has 0 unspecified atom stereocenters. The van der Waals surface area contributed by atoms with Crippen molar-refractivity contribution in [3.8, 4) is 5.75 Å². The fourth-order valence-corrected chi connectivity index (χ4v) is 4.35. The summed E-state index contributed by atoms with van der Waals surface area (Å²) in [7, 11) is 0. The number of phenols is 1. The molecule has 0 bridgehead atoms. The van der Waals surface area contributed by atoms with Crippen molar-refractivity contribution < 1.29 is 23.5 Å². The molecule has 6 nitrogen and oxygen atoms in total. The van der Waals surface area contributed by atoms with Crippen LogP contribution in [0.5, 0.6) is 5.75 Å². The van der Waals surface area contributed by atoms with Crippen molar-refractivity contribution >= 4 is 11.8 Å². The number of hydrogen-bond donors (Lipinski definition) is 2. The molecule has 1 aromatic heterocycles. The lowest BCUT2D eigenvalue weighted by atomic mass is 9.97. The first-order valence-corrected chi connectivity index (χ1v) is 10.1. The van der Waals surface area contributed by atoms with E-state index in [2.05, 4.69) is 4.98 Å². The van der Waals surface area contributed by atoms with E-state index < -0.39 is 35.5 Å². The molecule has 8 heteroatoms. The highest BCUT2D eigenvalue weighted by atomic mass is 19.1. The summed E-state index contributed by atoms with van der Waals surface area (Å²) in [5, 5.41) is 10.3. The van der Waals surface area contributed by atoms with E-state index >= 15 is 0 Å². The number of pyridine rings is 1. The van der Waals surface area contributed by atoms with Gasteiger partial charge in [0.15, 0.2) is 0 Å². The van der Waals surface area contributed by atoms with Gasteiger partial charge in [-0.15, -0.1) is 0 Å². The Morgan fingerprint density at radius 1 is 1.22 bits per heavy atom. The number of aryl methyl sites for hydroxylation is 1. The molecule has 1 aliphatic rings. The average molecular weight is 437 g/mol. The van der Waals surface area contributed by atoms with Crippen LogP contribution < -0.4 is 5.73 Å². The van der Waals surface area contributed by atoms with Crippen molar-refractivity contribution in [3.05, 3.63) is 94.3 Å². The molecule has 0 saturated carbocycles. The van der Waals surface area contributed by atoms with Gasteiger partial charge in [0.25, 0.3) is 5.91 Å². The molecular weight excluding hydrogens is 416 g/mol. The largest absolute Gasteiger partial charge is 0.507 e. The number of amides is 2. The summed E-state index contributed by atoms with van der Waals surface area (Å²) in [6, 6.07) is 7.51. The van der Waals surface area contributed by atoms with Crippen molar-refractivity contribution in [2.24, 2.45) is 5.73 Å². The number of carbonyl (C=O) groups is 2. The number of primary amides is 1. The van der Waals surface area contributed by atoms with Crippen LogP contribution in [0.15, 0.2) is 54.9 Å². The van der Waals surface area contributed by atoms with Crippen LogP contribution in [-0.4, -0.2) is 26.8 Å². The summed E-state index contributed by atoms with van der Waals surface area (Å²) in [4.78, 5) is 31.6. The van der Waals surface area contributed by atoms with E-state index in [4.69, 9.17) is 5.73 Å². The number of aromatic nitrogens is 1. The molecule has 4 rings (SSSR count). The minimum Gasteiger partial charge on any atom is -0.507 e. The monoisotopic (exact) mass is 437 g/mol. The summed E-state index contributed by atoms with van der Waals surface area (Å²) < 4.78 is 28.2. The lowest BCUT2D eigenvalue weighted by Crippen LogP contribution is -2.43. The van der Waals surface area contributed by atoms with Crippen LogP contribution in [0.25, 0.3) is 0 Å². The number of halogens is 2. The molecule has 3 aromatic rings. The third-order valence-electron chi connectivity index (χ3n) is 5.71. The maximum atomic E-state index is 14.6. The molecule has 0 saturated heterocycles. The molecule has 2 amide bonds. The Labute approximate surface area is 183 Å². The lowest BCUT2D eigenvalue weighted by molar-refractivity contribution is -0.123. The first-order valence-electron chi connectivity index (χ1n) is 10.1. The molecule has 0 radical (unpaired) electrons.